The van der Waals surface area contributed by atoms with E-state index < -0.39 is 23.9 Å². The maximum atomic E-state index is 12.3. The van der Waals surface area contributed by atoms with Crippen LogP contribution in [0.25, 0.3) is 0 Å². The summed E-state index contributed by atoms with van der Waals surface area (Å²) in [5, 5.41) is 5.23. The second kappa shape index (κ2) is 10.3. The molecule has 1 atom stereocenters. The van der Waals surface area contributed by atoms with Gasteiger partial charge in [-0.25, -0.2) is 0 Å². The molecule has 0 bridgehead atoms. The number of aryl methyl sites for hydroxylation is 2. The van der Waals surface area contributed by atoms with E-state index in [2.05, 4.69) is 10.6 Å². The van der Waals surface area contributed by atoms with Crippen molar-refractivity contribution >= 4 is 23.5 Å². The number of rotatable bonds is 8. The van der Waals surface area contributed by atoms with Gasteiger partial charge in [-0.1, -0.05) is 18.2 Å². The number of benzene rings is 2. The standard InChI is InChI=1S/C22H26N2O6/c1-13-7-6-8-14(2)20(13)24-21(26)15(3)30-19(25)12-23-22(27)16-9-17(28-4)11-18(10-16)29-5/h6-11,15H,12H2,1-5H3,(H,23,27)(H,24,26)/t15-/m1/s1. The van der Waals surface area contributed by atoms with Crippen molar-refractivity contribution in [2.75, 3.05) is 26.1 Å². The molecule has 0 aromatic heterocycles. The third-order valence-electron chi connectivity index (χ3n) is 4.41. The van der Waals surface area contributed by atoms with Crippen molar-refractivity contribution in [3.8, 4) is 11.5 Å². The molecule has 160 valence electrons. The number of para-hydroxylation sites is 1. The molecule has 8 heteroatoms. The number of carbonyl (C=O) groups excluding carboxylic acids is 3. The molecule has 0 saturated heterocycles. The lowest BCUT2D eigenvalue weighted by molar-refractivity contribution is -0.152. The minimum atomic E-state index is -1.02. The first-order valence-electron chi connectivity index (χ1n) is 9.33. The van der Waals surface area contributed by atoms with Crippen LogP contribution in [0.3, 0.4) is 0 Å². The molecule has 8 nitrogen and oxygen atoms in total. The zero-order chi connectivity index (χ0) is 22.3. The Morgan fingerprint density at radius 2 is 1.53 bits per heavy atom. The Morgan fingerprint density at radius 1 is 0.967 bits per heavy atom. The fraction of sp³-hybridized carbons (Fsp3) is 0.318. The van der Waals surface area contributed by atoms with Crippen molar-refractivity contribution in [2.45, 2.75) is 26.9 Å². The van der Waals surface area contributed by atoms with Gasteiger partial charge in [0.15, 0.2) is 6.10 Å². The maximum absolute atomic E-state index is 12.3. The van der Waals surface area contributed by atoms with E-state index in [0.29, 0.717) is 17.2 Å². The lowest BCUT2D eigenvalue weighted by Crippen LogP contribution is -2.36. The SMILES string of the molecule is COc1cc(OC)cc(C(=O)NCC(=O)O[C@H](C)C(=O)Nc2c(C)cccc2C)c1. The van der Waals surface area contributed by atoms with E-state index >= 15 is 0 Å². The predicted molar refractivity (Wildman–Crippen MR) is 112 cm³/mol. The summed E-state index contributed by atoms with van der Waals surface area (Å²) in [6.45, 7) is 4.83. The first-order valence-corrected chi connectivity index (χ1v) is 9.33. The Hall–Kier alpha value is -3.55. The Balaban J connectivity index is 1.91. The highest BCUT2D eigenvalue weighted by Crippen LogP contribution is 2.22. The van der Waals surface area contributed by atoms with E-state index in [1.54, 1.807) is 6.07 Å². The van der Waals surface area contributed by atoms with E-state index in [9.17, 15) is 14.4 Å². The summed E-state index contributed by atoms with van der Waals surface area (Å²) in [7, 11) is 2.94. The normalized spacial score (nSPS) is 11.2. The molecule has 0 fully saturated rings. The Kier molecular flexibility index (Phi) is 7.80. The highest BCUT2D eigenvalue weighted by Gasteiger charge is 2.20. The lowest BCUT2D eigenvalue weighted by atomic mass is 10.1. The largest absolute Gasteiger partial charge is 0.497 e. The van der Waals surface area contributed by atoms with Crippen molar-refractivity contribution in [3.63, 3.8) is 0 Å². The number of carbonyl (C=O) groups is 3. The highest BCUT2D eigenvalue weighted by molar-refractivity contribution is 5.98. The number of esters is 1. The van der Waals surface area contributed by atoms with Crippen LogP contribution in [-0.2, 0) is 14.3 Å². The van der Waals surface area contributed by atoms with E-state index in [0.717, 1.165) is 11.1 Å². The topological polar surface area (TPSA) is 103 Å². The number of amides is 2. The molecule has 0 aliphatic heterocycles. The second-order valence-electron chi connectivity index (χ2n) is 6.67. The summed E-state index contributed by atoms with van der Waals surface area (Å²) in [5.41, 5.74) is 2.76. The van der Waals surface area contributed by atoms with Crippen molar-refractivity contribution < 1.29 is 28.6 Å². The molecule has 2 rings (SSSR count). The Labute approximate surface area is 175 Å². The predicted octanol–water partition coefficient (Wildman–Crippen LogP) is 2.62. The molecule has 2 aromatic rings. The molecule has 0 heterocycles. The van der Waals surface area contributed by atoms with Gasteiger partial charge in [-0.15, -0.1) is 0 Å². The molecule has 0 unspecified atom stereocenters. The van der Waals surface area contributed by atoms with Crippen molar-refractivity contribution in [1.82, 2.24) is 5.32 Å². The van der Waals surface area contributed by atoms with Gasteiger partial charge in [0.25, 0.3) is 11.8 Å². The van der Waals surface area contributed by atoms with E-state index in [-0.39, 0.29) is 12.1 Å². The van der Waals surface area contributed by atoms with Crippen molar-refractivity contribution in [1.29, 1.82) is 0 Å². The zero-order valence-electron chi connectivity index (χ0n) is 17.7. The van der Waals surface area contributed by atoms with E-state index in [1.807, 2.05) is 32.0 Å². The molecule has 0 aliphatic carbocycles. The number of anilines is 1. The summed E-state index contributed by atoms with van der Waals surface area (Å²) >= 11 is 0. The highest BCUT2D eigenvalue weighted by atomic mass is 16.5. The van der Waals surface area contributed by atoms with Gasteiger partial charge in [-0.3, -0.25) is 14.4 Å². The number of ether oxygens (including phenoxy) is 3. The summed E-state index contributed by atoms with van der Waals surface area (Å²) in [4.78, 5) is 36.7. The van der Waals surface area contributed by atoms with Crippen LogP contribution in [-0.4, -0.2) is 44.7 Å². The summed E-state index contributed by atoms with van der Waals surface area (Å²) in [5.74, 6) is -0.804. The van der Waals surface area contributed by atoms with E-state index in [4.69, 9.17) is 14.2 Å². The molecular weight excluding hydrogens is 388 g/mol. The molecule has 30 heavy (non-hydrogen) atoms. The van der Waals surface area contributed by atoms with Crippen LogP contribution in [0.5, 0.6) is 11.5 Å². The van der Waals surface area contributed by atoms with Gasteiger partial charge in [0.1, 0.15) is 18.0 Å². The minimum Gasteiger partial charge on any atom is -0.497 e. The van der Waals surface area contributed by atoms with Gasteiger partial charge in [0, 0.05) is 17.3 Å². The van der Waals surface area contributed by atoms with Crippen LogP contribution < -0.4 is 20.1 Å². The smallest absolute Gasteiger partial charge is 0.326 e. The van der Waals surface area contributed by atoms with Crippen LogP contribution in [0.4, 0.5) is 5.69 Å². The molecule has 0 spiro atoms. The Bertz CT molecular complexity index is 899. The second-order valence-corrected chi connectivity index (χ2v) is 6.67. The van der Waals surface area contributed by atoms with Crippen LogP contribution in [0, 0.1) is 13.8 Å². The van der Waals surface area contributed by atoms with Gasteiger partial charge >= 0.3 is 5.97 Å². The number of hydrogen-bond acceptors (Lipinski definition) is 6. The number of nitrogens with one attached hydrogen (secondary N) is 2. The average Bonchev–Trinajstić information content (AvgIpc) is 2.73. The van der Waals surface area contributed by atoms with Crippen LogP contribution in [0.15, 0.2) is 36.4 Å². The number of hydrogen-bond donors (Lipinski definition) is 2. The third kappa shape index (κ3) is 5.97. The van der Waals surface area contributed by atoms with Crippen LogP contribution in [0.2, 0.25) is 0 Å². The minimum absolute atomic E-state index is 0.264. The fourth-order valence-corrected chi connectivity index (χ4v) is 2.72. The van der Waals surface area contributed by atoms with E-state index in [1.165, 1.54) is 33.3 Å². The lowest BCUT2D eigenvalue weighted by Gasteiger charge is -2.16. The molecule has 0 aliphatic rings. The van der Waals surface area contributed by atoms with Crippen LogP contribution in [0.1, 0.15) is 28.4 Å². The molecular formula is C22H26N2O6. The van der Waals surface area contributed by atoms with Crippen LogP contribution >= 0.6 is 0 Å². The maximum Gasteiger partial charge on any atom is 0.326 e. The van der Waals surface area contributed by atoms with Gasteiger partial charge in [0.05, 0.1) is 14.2 Å². The molecule has 0 radical (unpaired) electrons. The van der Waals surface area contributed by atoms with Gasteiger partial charge in [0.2, 0.25) is 0 Å². The average molecular weight is 414 g/mol. The summed E-state index contributed by atoms with van der Waals surface area (Å²) in [6, 6.07) is 10.3. The van der Waals surface area contributed by atoms with Gasteiger partial charge in [-0.2, -0.15) is 0 Å². The Morgan fingerprint density at radius 3 is 2.07 bits per heavy atom. The summed E-state index contributed by atoms with van der Waals surface area (Å²) in [6.07, 6.45) is -1.02. The third-order valence-corrected chi connectivity index (χ3v) is 4.41. The van der Waals surface area contributed by atoms with Gasteiger partial charge in [-0.05, 0) is 44.0 Å². The quantitative estimate of drug-likeness (QED) is 0.644. The van der Waals surface area contributed by atoms with Gasteiger partial charge < -0.3 is 24.8 Å². The first kappa shape index (κ1) is 22.7. The molecule has 0 saturated carbocycles. The molecule has 2 aromatic carbocycles. The number of methoxy groups -OCH3 is 2. The first-order chi connectivity index (χ1) is 14.2. The summed E-state index contributed by atoms with van der Waals surface area (Å²) < 4.78 is 15.4. The van der Waals surface area contributed by atoms with Crippen molar-refractivity contribution in [2.24, 2.45) is 0 Å². The molecule has 2 amide bonds. The monoisotopic (exact) mass is 414 g/mol. The van der Waals surface area contributed by atoms with Crippen molar-refractivity contribution in [3.05, 3.63) is 53.1 Å². The zero-order valence-corrected chi connectivity index (χ0v) is 17.7. The molecule has 2 N–H and O–H groups in total. The fourth-order valence-electron chi connectivity index (χ4n) is 2.72.